The van der Waals surface area contributed by atoms with Crippen LogP contribution in [0.1, 0.15) is 16.8 Å². The fraction of sp³-hybridized carbons (Fsp3) is 0.286. The number of rotatable bonds is 2. The lowest BCUT2D eigenvalue weighted by Crippen LogP contribution is -1.96. The molecule has 0 radical (unpaired) electrons. The van der Waals surface area contributed by atoms with Gasteiger partial charge in [0.1, 0.15) is 5.75 Å². The highest BCUT2D eigenvalue weighted by atomic mass is 16.5. The lowest BCUT2D eigenvalue weighted by Gasteiger charge is -2.09. The minimum absolute atomic E-state index is 0.354. The summed E-state index contributed by atoms with van der Waals surface area (Å²) in [6.45, 7) is 3.98. The Morgan fingerprint density at radius 1 is 1.24 bits per heavy atom. The van der Waals surface area contributed by atoms with E-state index in [1.165, 1.54) is 0 Å². The van der Waals surface area contributed by atoms with Gasteiger partial charge in [-0.2, -0.15) is 5.26 Å². The third kappa shape index (κ3) is 2.07. The van der Waals surface area contributed by atoms with Crippen molar-refractivity contribution in [1.29, 1.82) is 5.26 Å². The summed E-state index contributed by atoms with van der Waals surface area (Å²) in [6, 6.07) is 8.13. The van der Waals surface area contributed by atoms with Crippen LogP contribution in [-0.4, -0.2) is 12.1 Å². The second-order valence-corrected chi connectivity index (χ2v) is 4.10. The molecule has 2 aromatic rings. The fourth-order valence-electron chi connectivity index (χ4n) is 1.95. The third-order valence-corrected chi connectivity index (χ3v) is 2.86. The number of nitriles is 1. The molecule has 17 heavy (non-hydrogen) atoms. The van der Waals surface area contributed by atoms with Crippen LogP contribution in [0.4, 0.5) is 0 Å². The highest BCUT2D eigenvalue weighted by Gasteiger charge is 2.07. The summed E-state index contributed by atoms with van der Waals surface area (Å²) in [5.74, 6) is 0.837. The summed E-state index contributed by atoms with van der Waals surface area (Å²) in [6.07, 6.45) is 0.354. The fourth-order valence-corrected chi connectivity index (χ4v) is 1.95. The third-order valence-electron chi connectivity index (χ3n) is 2.86. The molecule has 0 saturated carbocycles. The lowest BCUT2D eigenvalue weighted by atomic mass is 10.1. The number of aromatic nitrogens is 1. The van der Waals surface area contributed by atoms with E-state index in [2.05, 4.69) is 17.1 Å². The molecule has 0 amide bonds. The Bertz CT molecular complexity index is 612. The van der Waals surface area contributed by atoms with E-state index in [0.717, 1.165) is 33.5 Å². The van der Waals surface area contributed by atoms with Crippen molar-refractivity contribution in [3.8, 4) is 11.8 Å². The minimum atomic E-state index is 0.354. The van der Waals surface area contributed by atoms with E-state index in [4.69, 9.17) is 10.00 Å². The van der Waals surface area contributed by atoms with Gasteiger partial charge in [-0.3, -0.25) is 4.98 Å². The van der Waals surface area contributed by atoms with Crippen LogP contribution < -0.4 is 4.74 Å². The van der Waals surface area contributed by atoms with E-state index in [1.54, 1.807) is 7.11 Å². The van der Waals surface area contributed by atoms with E-state index in [9.17, 15) is 0 Å². The Morgan fingerprint density at radius 2 is 2.00 bits per heavy atom. The monoisotopic (exact) mass is 226 g/mol. The maximum Gasteiger partial charge on any atom is 0.119 e. The highest BCUT2D eigenvalue weighted by molar-refractivity contribution is 5.84. The minimum Gasteiger partial charge on any atom is -0.497 e. The summed E-state index contributed by atoms with van der Waals surface area (Å²) in [5, 5.41) is 9.81. The van der Waals surface area contributed by atoms with Gasteiger partial charge >= 0.3 is 0 Å². The highest BCUT2D eigenvalue weighted by Crippen LogP contribution is 2.25. The van der Waals surface area contributed by atoms with Crippen molar-refractivity contribution in [2.75, 3.05) is 7.11 Å². The molecule has 0 atom stereocenters. The number of aryl methyl sites for hydroxylation is 2. The van der Waals surface area contributed by atoms with Gasteiger partial charge in [-0.1, -0.05) is 0 Å². The first-order valence-corrected chi connectivity index (χ1v) is 5.47. The van der Waals surface area contributed by atoms with Crippen LogP contribution in [0.2, 0.25) is 0 Å². The van der Waals surface area contributed by atoms with Gasteiger partial charge in [0, 0.05) is 5.39 Å². The number of nitrogens with zero attached hydrogens (tertiary/aromatic N) is 2. The molecule has 0 aliphatic carbocycles. The summed E-state index contributed by atoms with van der Waals surface area (Å²) in [4.78, 5) is 4.56. The largest absolute Gasteiger partial charge is 0.497 e. The van der Waals surface area contributed by atoms with Crippen molar-refractivity contribution in [3.05, 3.63) is 35.0 Å². The van der Waals surface area contributed by atoms with Crippen LogP contribution in [0.3, 0.4) is 0 Å². The molecule has 0 spiro atoms. The number of benzene rings is 1. The summed E-state index contributed by atoms with van der Waals surface area (Å²) in [7, 11) is 1.66. The van der Waals surface area contributed by atoms with E-state index in [0.29, 0.717) is 6.42 Å². The van der Waals surface area contributed by atoms with Crippen LogP contribution in [-0.2, 0) is 6.42 Å². The summed E-state index contributed by atoms with van der Waals surface area (Å²) in [5.41, 5.74) is 3.92. The first-order valence-electron chi connectivity index (χ1n) is 5.47. The summed E-state index contributed by atoms with van der Waals surface area (Å²) < 4.78 is 5.24. The van der Waals surface area contributed by atoms with Crippen LogP contribution in [0.5, 0.6) is 5.75 Å². The van der Waals surface area contributed by atoms with Gasteiger partial charge in [-0.25, -0.2) is 0 Å². The van der Waals surface area contributed by atoms with Crippen molar-refractivity contribution in [2.45, 2.75) is 20.3 Å². The average Bonchev–Trinajstić information content (AvgIpc) is 2.31. The smallest absolute Gasteiger partial charge is 0.119 e. The van der Waals surface area contributed by atoms with Gasteiger partial charge in [-0.15, -0.1) is 0 Å². The zero-order valence-corrected chi connectivity index (χ0v) is 10.2. The molecule has 0 unspecified atom stereocenters. The number of hydrogen-bond donors (Lipinski definition) is 0. The van der Waals surface area contributed by atoms with E-state index in [-0.39, 0.29) is 0 Å². The predicted molar refractivity (Wildman–Crippen MR) is 67.1 cm³/mol. The topological polar surface area (TPSA) is 45.9 Å². The maximum absolute atomic E-state index is 8.76. The lowest BCUT2D eigenvalue weighted by molar-refractivity contribution is 0.415. The van der Waals surface area contributed by atoms with Crippen LogP contribution in [0.15, 0.2) is 18.2 Å². The first-order chi connectivity index (χ1) is 8.15. The molecule has 0 fully saturated rings. The number of fused-ring (bicyclic) bond motifs is 1. The van der Waals surface area contributed by atoms with Gasteiger partial charge in [0.15, 0.2) is 0 Å². The molecule has 0 bridgehead atoms. The van der Waals surface area contributed by atoms with Crippen molar-refractivity contribution in [2.24, 2.45) is 0 Å². The van der Waals surface area contributed by atoms with Crippen LogP contribution in [0.25, 0.3) is 10.9 Å². The van der Waals surface area contributed by atoms with Crippen molar-refractivity contribution < 1.29 is 4.74 Å². The first kappa shape index (κ1) is 11.4. The number of hydrogen-bond acceptors (Lipinski definition) is 3. The maximum atomic E-state index is 8.76. The van der Waals surface area contributed by atoms with Gasteiger partial charge in [0.25, 0.3) is 0 Å². The van der Waals surface area contributed by atoms with E-state index in [1.807, 2.05) is 26.0 Å². The van der Waals surface area contributed by atoms with E-state index >= 15 is 0 Å². The Hall–Kier alpha value is -2.08. The standard InChI is InChI=1S/C14H14N2O/c1-9-6-11-8-12(17-3)7-10(2)14(11)16-13(9)4-5-15/h6-8H,4H2,1-3H3. The molecule has 1 aromatic heterocycles. The number of methoxy groups -OCH3 is 1. The Morgan fingerprint density at radius 3 is 2.65 bits per heavy atom. The van der Waals surface area contributed by atoms with Gasteiger partial charge in [0.05, 0.1) is 30.8 Å². The quantitative estimate of drug-likeness (QED) is 0.790. The Labute approximate surface area is 101 Å². The second-order valence-electron chi connectivity index (χ2n) is 4.10. The van der Waals surface area contributed by atoms with Crippen LogP contribution in [0, 0.1) is 25.2 Å². The predicted octanol–water partition coefficient (Wildman–Crippen LogP) is 2.93. The molecule has 1 heterocycles. The van der Waals surface area contributed by atoms with Gasteiger partial charge in [-0.05, 0) is 43.2 Å². The van der Waals surface area contributed by atoms with Crippen molar-refractivity contribution in [1.82, 2.24) is 4.98 Å². The van der Waals surface area contributed by atoms with E-state index < -0.39 is 0 Å². The molecule has 0 N–H and O–H groups in total. The molecule has 2 rings (SSSR count). The zero-order chi connectivity index (χ0) is 12.4. The molecule has 86 valence electrons. The van der Waals surface area contributed by atoms with Gasteiger partial charge < -0.3 is 4.74 Å². The molecule has 3 nitrogen and oxygen atoms in total. The Kier molecular flexibility index (Phi) is 2.97. The molecule has 1 aromatic carbocycles. The summed E-state index contributed by atoms with van der Waals surface area (Å²) >= 11 is 0. The van der Waals surface area contributed by atoms with Crippen molar-refractivity contribution >= 4 is 10.9 Å². The molecular formula is C14H14N2O. The molecule has 0 saturated heterocycles. The van der Waals surface area contributed by atoms with Crippen molar-refractivity contribution in [3.63, 3.8) is 0 Å². The zero-order valence-electron chi connectivity index (χ0n) is 10.2. The number of ether oxygens (including phenoxy) is 1. The van der Waals surface area contributed by atoms with Gasteiger partial charge in [0.2, 0.25) is 0 Å². The molecular weight excluding hydrogens is 212 g/mol. The molecule has 3 heteroatoms. The SMILES string of the molecule is COc1cc(C)c2nc(CC#N)c(C)cc2c1. The second kappa shape index (κ2) is 4.42. The molecule has 0 aliphatic rings. The Balaban J connectivity index is 2.70. The van der Waals surface area contributed by atoms with Crippen LogP contribution >= 0.6 is 0 Å². The average molecular weight is 226 g/mol. The number of pyridine rings is 1. The normalized spacial score (nSPS) is 10.2. The molecule has 0 aliphatic heterocycles.